The summed E-state index contributed by atoms with van der Waals surface area (Å²) in [6.07, 6.45) is 2.40. The predicted molar refractivity (Wildman–Crippen MR) is 88.3 cm³/mol. The van der Waals surface area contributed by atoms with Crippen LogP contribution in [-0.4, -0.2) is 34.7 Å². The van der Waals surface area contributed by atoms with Crippen LogP contribution in [0.1, 0.15) is 39.3 Å². The fraction of sp³-hybridized carbons (Fsp3) is 0.316. The van der Waals surface area contributed by atoms with Crippen LogP contribution in [0.5, 0.6) is 0 Å². The Balaban J connectivity index is 1.65. The Hall–Kier alpha value is -2.63. The number of benzene rings is 1. The third kappa shape index (κ3) is 3.73. The fourth-order valence-corrected chi connectivity index (χ4v) is 3.03. The molecule has 0 bridgehead atoms. The van der Waals surface area contributed by atoms with Crippen molar-refractivity contribution in [3.63, 3.8) is 0 Å². The zero-order valence-electron chi connectivity index (χ0n) is 13.8. The number of hydrogen-bond acceptors (Lipinski definition) is 3. The van der Waals surface area contributed by atoms with E-state index in [1.165, 1.54) is 6.20 Å². The molecule has 0 radical (unpaired) electrons. The van der Waals surface area contributed by atoms with Gasteiger partial charge in [-0.15, -0.1) is 0 Å². The van der Waals surface area contributed by atoms with Crippen molar-refractivity contribution in [1.29, 1.82) is 0 Å². The lowest BCUT2D eigenvalue weighted by molar-refractivity contribution is 0.0648. The number of halogens is 2. The minimum Gasteiger partial charge on any atom is -0.339 e. The lowest BCUT2D eigenvalue weighted by Gasteiger charge is -2.31. The van der Waals surface area contributed by atoms with Crippen molar-refractivity contribution in [2.75, 3.05) is 13.1 Å². The Morgan fingerprint density at radius 3 is 2.48 bits per heavy atom. The Bertz CT molecular complexity index is 798. The molecule has 0 unspecified atom stereocenters. The molecule has 130 valence electrons. The minimum atomic E-state index is -0.712. The normalized spacial score (nSPS) is 15.2. The molecule has 6 heteroatoms. The third-order valence-electron chi connectivity index (χ3n) is 4.51. The molecule has 0 saturated carbocycles. The molecule has 0 atom stereocenters. The predicted octanol–water partition coefficient (Wildman–Crippen LogP) is 3.40. The summed E-state index contributed by atoms with van der Waals surface area (Å²) in [4.78, 5) is 30.7. The number of aryl methyl sites for hydroxylation is 1. The Kier molecular flexibility index (Phi) is 4.88. The van der Waals surface area contributed by atoms with E-state index in [1.807, 2.05) is 6.92 Å². The summed E-state index contributed by atoms with van der Waals surface area (Å²) in [7, 11) is 0. The molecule has 1 saturated heterocycles. The summed E-state index contributed by atoms with van der Waals surface area (Å²) in [5.74, 6) is -2.28. The number of amides is 1. The van der Waals surface area contributed by atoms with Crippen LogP contribution < -0.4 is 0 Å². The van der Waals surface area contributed by atoms with E-state index >= 15 is 0 Å². The van der Waals surface area contributed by atoms with Crippen LogP contribution in [-0.2, 0) is 0 Å². The molecule has 25 heavy (non-hydrogen) atoms. The highest BCUT2D eigenvalue weighted by Crippen LogP contribution is 2.24. The van der Waals surface area contributed by atoms with Crippen molar-refractivity contribution in [3.05, 3.63) is 65.0 Å². The molecule has 0 N–H and O–H groups in total. The second kappa shape index (κ2) is 7.09. The maximum Gasteiger partial charge on any atom is 0.255 e. The van der Waals surface area contributed by atoms with Crippen LogP contribution in [0.4, 0.5) is 8.78 Å². The number of hydrogen-bond donors (Lipinski definition) is 0. The number of carbonyl (C=O) groups is 2. The van der Waals surface area contributed by atoms with Gasteiger partial charge in [0.1, 0.15) is 11.6 Å². The Morgan fingerprint density at radius 1 is 1.12 bits per heavy atom. The zero-order valence-corrected chi connectivity index (χ0v) is 13.8. The fourth-order valence-electron chi connectivity index (χ4n) is 3.03. The molecule has 2 heterocycles. The molecule has 1 aromatic heterocycles. The van der Waals surface area contributed by atoms with E-state index in [0.717, 1.165) is 23.9 Å². The molecular weight excluding hydrogens is 326 g/mol. The van der Waals surface area contributed by atoms with Crippen LogP contribution in [0, 0.1) is 24.5 Å². The summed E-state index contributed by atoms with van der Waals surface area (Å²) in [5.41, 5.74) is 1.12. The standard InChI is InChI=1S/C19H18F2N2O2/c1-12-2-3-14(11-22-12)19(25)23-8-6-13(7-9-23)18(24)16-10-15(20)4-5-17(16)21/h2-5,10-11,13H,6-9H2,1H3. The van der Waals surface area contributed by atoms with Crippen LogP contribution in [0.15, 0.2) is 36.5 Å². The van der Waals surface area contributed by atoms with E-state index in [1.54, 1.807) is 17.0 Å². The summed E-state index contributed by atoms with van der Waals surface area (Å²) in [6.45, 7) is 2.65. The van der Waals surface area contributed by atoms with Crippen LogP contribution in [0.25, 0.3) is 0 Å². The third-order valence-corrected chi connectivity index (χ3v) is 4.51. The van der Waals surface area contributed by atoms with Crippen LogP contribution >= 0.6 is 0 Å². The molecule has 1 aliphatic heterocycles. The first-order chi connectivity index (χ1) is 12.0. The number of ketones is 1. The quantitative estimate of drug-likeness (QED) is 0.802. The van der Waals surface area contributed by atoms with Gasteiger partial charge in [0.15, 0.2) is 5.78 Å². The number of rotatable bonds is 3. The number of Topliss-reactive ketones (excluding diaryl/α,β-unsaturated/α-hetero) is 1. The maximum atomic E-state index is 13.8. The summed E-state index contributed by atoms with van der Waals surface area (Å²) >= 11 is 0. The molecule has 2 aromatic rings. The van der Waals surface area contributed by atoms with E-state index in [9.17, 15) is 18.4 Å². The highest BCUT2D eigenvalue weighted by molar-refractivity contribution is 5.98. The van der Waals surface area contributed by atoms with Gasteiger partial charge in [-0.2, -0.15) is 0 Å². The number of likely N-dealkylation sites (tertiary alicyclic amines) is 1. The molecular formula is C19H18F2N2O2. The van der Waals surface area contributed by atoms with Crippen LogP contribution in [0.3, 0.4) is 0 Å². The van der Waals surface area contributed by atoms with Gasteiger partial charge in [-0.05, 0) is 50.1 Å². The summed E-state index contributed by atoms with van der Waals surface area (Å²) in [6, 6.07) is 6.39. The molecule has 1 amide bonds. The lowest BCUT2D eigenvalue weighted by atomic mass is 9.88. The average Bonchev–Trinajstić information content (AvgIpc) is 2.63. The van der Waals surface area contributed by atoms with E-state index in [2.05, 4.69) is 4.98 Å². The first kappa shape index (κ1) is 17.2. The minimum absolute atomic E-state index is 0.129. The molecule has 1 fully saturated rings. The second-order valence-electron chi connectivity index (χ2n) is 6.24. The monoisotopic (exact) mass is 344 g/mol. The van der Waals surface area contributed by atoms with Crippen molar-refractivity contribution in [2.24, 2.45) is 5.92 Å². The number of aromatic nitrogens is 1. The van der Waals surface area contributed by atoms with Gasteiger partial charge < -0.3 is 4.90 Å². The first-order valence-corrected chi connectivity index (χ1v) is 8.17. The van der Waals surface area contributed by atoms with Gasteiger partial charge in [-0.25, -0.2) is 8.78 Å². The molecule has 4 nitrogen and oxygen atoms in total. The average molecular weight is 344 g/mol. The van der Waals surface area contributed by atoms with Crippen molar-refractivity contribution in [1.82, 2.24) is 9.88 Å². The largest absolute Gasteiger partial charge is 0.339 e. The van der Waals surface area contributed by atoms with Crippen molar-refractivity contribution >= 4 is 11.7 Å². The lowest BCUT2D eigenvalue weighted by Crippen LogP contribution is -2.40. The number of pyridine rings is 1. The molecule has 3 rings (SSSR count). The van der Waals surface area contributed by atoms with Gasteiger partial charge >= 0.3 is 0 Å². The van der Waals surface area contributed by atoms with Gasteiger partial charge in [0.2, 0.25) is 0 Å². The SMILES string of the molecule is Cc1ccc(C(=O)N2CCC(C(=O)c3cc(F)ccc3F)CC2)cn1. The summed E-state index contributed by atoms with van der Waals surface area (Å²) in [5, 5.41) is 0. The molecule has 1 aliphatic rings. The van der Waals surface area contributed by atoms with Gasteiger partial charge in [0, 0.05) is 30.9 Å². The topological polar surface area (TPSA) is 50.3 Å². The van der Waals surface area contributed by atoms with Crippen molar-refractivity contribution in [3.8, 4) is 0 Å². The van der Waals surface area contributed by atoms with Gasteiger partial charge in [-0.3, -0.25) is 14.6 Å². The number of nitrogens with zero attached hydrogens (tertiary/aromatic N) is 2. The van der Waals surface area contributed by atoms with Gasteiger partial charge in [-0.1, -0.05) is 0 Å². The van der Waals surface area contributed by atoms with Gasteiger partial charge in [0.25, 0.3) is 5.91 Å². The smallest absolute Gasteiger partial charge is 0.255 e. The summed E-state index contributed by atoms with van der Waals surface area (Å²) < 4.78 is 27.1. The van der Waals surface area contributed by atoms with Crippen molar-refractivity contribution < 1.29 is 18.4 Å². The van der Waals surface area contributed by atoms with E-state index in [4.69, 9.17) is 0 Å². The van der Waals surface area contributed by atoms with Crippen molar-refractivity contribution in [2.45, 2.75) is 19.8 Å². The molecule has 0 spiro atoms. The highest BCUT2D eigenvalue weighted by atomic mass is 19.1. The molecule has 0 aliphatic carbocycles. The van der Waals surface area contributed by atoms with Crippen LogP contribution in [0.2, 0.25) is 0 Å². The van der Waals surface area contributed by atoms with Gasteiger partial charge in [0.05, 0.1) is 11.1 Å². The van der Waals surface area contributed by atoms with E-state index in [-0.39, 0.29) is 11.5 Å². The number of piperidine rings is 1. The zero-order chi connectivity index (χ0) is 18.0. The Labute approximate surface area is 144 Å². The van der Waals surface area contributed by atoms with E-state index < -0.39 is 23.3 Å². The van der Waals surface area contributed by atoms with E-state index in [0.29, 0.717) is 31.5 Å². The Morgan fingerprint density at radius 2 is 1.84 bits per heavy atom. The molecule has 1 aromatic carbocycles. The first-order valence-electron chi connectivity index (χ1n) is 8.17. The highest BCUT2D eigenvalue weighted by Gasteiger charge is 2.29. The maximum absolute atomic E-state index is 13.8. The number of carbonyl (C=O) groups excluding carboxylic acids is 2. The second-order valence-corrected chi connectivity index (χ2v) is 6.24.